The van der Waals surface area contributed by atoms with Crippen molar-refractivity contribution < 1.29 is 22.7 Å². The Kier molecular flexibility index (Phi) is 10.6. The summed E-state index contributed by atoms with van der Waals surface area (Å²) in [5.41, 5.74) is 0.817. The first kappa shape index (κ1) is 30.3. The van der Waals surface area contributed by atoms with Crippen LogP contribution in [0.1, 0.15) is 25.8 Å². The van der Waals surface area contributed by atoms with Crippen LogP contribution < -0.4 is 14.4 Å². The Labute approximate surface area is 239 Å². The Bertz CT molecular complexity index is 1400. The van der Waals surface area contributed by atoms with Gasteiger partial charge in [0.15, 0.2) is 0 Å². The van der Waals surface area contributed by atoms with Crippen LogP contribution in [-0.2, 0) is 26.2 Å². The summed E-state index contributed by atoms with van der Waals surface area (Å²) in [6, 6.07) is 18.4. The summed E-state index contributed by atoms with van der Waals surface area (Å²) in [7, 11) is -2.77. The number of nitrogens with one attached hydrogen (secondary N) is 1. The Balaban J connectivity index is 2.05. The van der Waals surface area contributed by atoms with E-state index in [0.717, 1.165) is 10.7 Å². The normalized spacial score (nSPS) is 11.9. The van der Waals surface area contributed by atoms with Gasteiger partial charge in [0.2, 0.25) is 11.8 Å². The third-order valence-electron chi connectivity index (χ3n) is 6.02. The third-order valence-corrected chi connectivity index (χ3v) is 8.53. The van der Waals surface area contributed by atoms with Crippen molar-refractivity contribution in [2.45, 2.75) is 37.8 Å². The zero-order chi connectivity index (χ0) is 28.6. The molecule has 0 aromatic heterocycles. The van der Waals surface area contributed by atoms with Gasteiger partial charge in [-0.25, -0.2) is 8.42 Å². The van der Waals surface area contributed by atoms with Gasteiger partial charge in [-0.3, -0.25) is 13.9 Å². The summed E-state index contributed by atoms with van der Waals surface area (Å²) in [6.07, 6.45) is 0.718. The van der Waals surface area contributed by atoms with Gasteiger partial charge >= 0.3 is 0 Å². The average molecular weight is 593 g/mol. The number of sulfonamides is 1. The Morgan fingerprint density at radius 2 is 1.64 bits per heavy atom. The quantitative estimate of drug-likeness (QED) is 0.314. The standard InChI is InChI=1S/C28H31Cl2N3O5S/c1-4-16-31-28(35)20(2)32(18-21-14-15-23(29)24(30)17-21)27(34)19-33(25-12-8-9-13-26(25)38-3)39(36,37)22-10-6-5-7-11-22/h5-15,17,20H,4,16,18-19H2,1-3H3,(H,31,35)/t20-/m0/s1. The summed E-state index contributed by atoms with van der Waals surface area (Å²) in [5.74, 6) is -0.680. The Morgan fingerprint density at radius 3 is 2.28 bits per heavy atom. The van der Waals surface area contributed by atoms with Gasteiger partial charge in [0.05, 0.1) is 27.7 Å². The van der Waals surface area contributed by atoms with E-state index in [1.807, 2.05) is 6.92 Å². The fourth-order valence-electron chi connectivity index (χ4n) is 3.88. The van der Waals surface area contributed by atoms with Crippen LogP contribution >= 0.6 is 23.2 Å². The molecule has 39 heavy (non-hydrogen) atoms. The molecule has 0 heterocycles. The van der Waals surface area contributed by atoms with E-state index in [-0.39, 0.29) is 28.8 Å². The summed E-state index contributed by atoms with van der Waals surface area (Å²) < 4.78 is 34.1. The minimum absolute atomic E-state index is 0.00157. The van der Waals surface area contributed by atoms with Gasteiger partial charge in [-0.2, -0.15) is 0 Å². The molecule has 0 bridgehead atoms. The van der Waals surface area contributed by atoms with E-state index < -0.39 is 28.5 Å². The molecule has 3 aromatic rings. The van der Waals surface area contributed by atoms with Crippen molar-refractivity contribution in [3.63, 3.8) is 0 Å². The van der Waals surface area contributed by atoms with E-state index in [0.29, 0.717) is 22.2 Å². The molecule has 0 aliphatic carbocycles. The molecule has 0 fully saturated rings. The van der Waals surface area contributed by atoms with E-state index in [1.165, 1.54) is 24.1 Å². The molecule has 0 radical (unpaired) electrons. The molecule has 11 heteroatoms. The van der Waals surface area contributed by atoms with Gasteiger partial charge in [0.1, 0.15) is 18.3 Å². The topological polar surface area (TPSA) is 96.0 Å². The zero-order valence-corrected chi connectivity index (χ0v) is 24.3. The number of hydrogen-bond donors (Lipinski definition) is 1. The van der Waals surface area contributed by atoms with Crippen LogP contribution in [0.4, 0.5) is 5.69 Å². The maximum atomic E-state index is 13.9. The van der Waals surface area contributed by atoms with Gasteiger partial charge < -0.3 is 15.0 Å². The monoisotopic (exact) mass is 591 g/mol. The van der Waals surface area contributed by atoms with E-state index >= 15 is 0 Å². The molecule has 0 aliphatic rings. The van der Waals surface area contributed by atoms with Crippen molar-refractivity contribution in [3.05, 3.63) is 88.4 Å². The van der Waals surface area contributed by atoms with Gasteiger partial charge in [-0.15, -0.1) is 0 Å². The van der Waals surface area contributed by atoms with E-state index in [1.54, 1.807) is 67.6 Å². The maximum absolute atomic E-state index is 13.9. The fraction of sp³-hybridized carbons (Fsp3) is 0.286. The lowest BCUT2D eigenvalue weighted by molar-refractivity contribution is -0.139. The highest BCUT2D eigenvalue weighted by Crippen LogP contribution is 2.32. The second-order valence-corrected chi connectivity index (χ2v) is 11.4. The van der Waals surface area contributed by atoms with Crippen molar-refractivity contribution in [2.24, 2.45) is 0 Å². The van der Waals surface area contributed by atoms with Crippen molar-refractivity contribution >= 4 is 50.7 Å². The van der Waals surface area contributed by atoms with Crippen molar-refractivity contribution in [2.75, 3.05) is 24.5 Å². The van der Waals surface area contributed by atoms with Crippen LogP contribution in [0.15, 0.2) is 77.7 Å². The summed E-state index contributed by atoms with van der Waals surface area (Å²) >= 11 is 12.3. The molecular formula is C28H31Cl2N3O5S. The molecule has 0 unspecified atom stereocenters. The van der Waals surface area contributed by atoms with Crippen LogP contribution in [-0.4, -0.2) is 51.4 Å². The Morgan fingerprint density at radius 1 is 0.974 bits per heavy atom. The number of carbonyl (C=O) groups is 2. The number of para-hydroxylation sites is 2. The lowest BCUT2D eigenvalue weighted by Gasteiger charge is -2.32. The highest BCUT2D eigenvalue weighted by Gasteiger charge is 2.33. The number of carbonyl (C=O) groups excluding carboxylic acids is 2. The molecule has 0 aliphatic heterocycles. The molecule has 0 saturated heterocycles. The molecule has 208 valence electrons. The van der Waals surface area contributed by atoms with E-state index in [9.17, 15) is 18.0 Å². The van der Waals surface area contributed by atoms with Gasteiger partial charge in [0.25, 0.3) is 10.0 Å². The minimum Gasteiger partial charge on any atom is -0.495 e. The lowest BCUT2D eigenvalue weighted by Crippen LogP contribution is -2.51. The molecule has 8 nitrogen and oxygen atoms in total. The largest absolute Gasteiger partial charge is 0.495 e. The SMILES string of the molecule is CCCNC(=O)[C@H](C)N(Cc1ccc(Cl)c(Cl)c1)C(=O)CN(c1ccccc1OC)S(=O)(=O)c1ccccc1. The molecule has 0 spiro atoms. The number of methoxy groups -OCH3 is 1. The lowest BCUT2D eigenvalue weighted by atomic mass is 10.1. The zero-order valence-electron chi connectivity index (χ0n) is 21.9. The second kappa shape index (κ2) is 13.7. The number of ether oxygens (including phenoxy) is 1. The predicted molar refractivity (Wildman–Crippen MR) is 154 cm³/mol. The first-order valence-corrected chi connectivity index (χ1v) is 14.5. The van der Waals surface area contributed by atoms with Crippen molar-refractivity contribution in [3.8, 4) is 5.75 Å². The number of anilines is 1. The third kappa shape index (κ3) is 7.44. The summed E-state index contributed by atoms with van der Waals surface area (Å²) in [4.78, 5) is 28.2. The predicted octanol–water partition coefficient (Wildman–Crippen LogP) is 5.14. The number of amides is 2. The van der Waals surface area contributed by atoms with E-state index in [4.69, 9.17) is 27.9 Å². The molecule has 1 N–H and O–H groups in total. The van der Waals surface area contributed by atoms with Crippen LogP contribution in [0.25, 0.3) is 0 Å². The second-order valence-electron chi connectivity index (χ2n) is 8.73. The van der Waals surface area contributed by atoms with Gasteiger partial charge in [-0.05, 0) is 55.3 Å². The molecular weight excluding hydrogens is 561 g/mol. The molecule has 3 aromatic carbocycles. The van der Waals surface area contributed by atoms with Crippen LogP contribution in [0, 0.1) is 0 Å². The number of nitrogens with zero attached hydrogens (tertiary/aromatic N) is 2. The number of halogens is 2. The highest BCUT2D eigenvalue weighted by molar-refractivity contribution is 7.92. The number of benzene rings is 3. The number of hydrogen-bond acceptors (Lipinski definition) is 5. The Hall–Kier alpha value is -3.27. The summed E-state index contributed by atoms with van der Waals surface area (Å²) in [6.45, 7) is 3.38. The molecule has 1 atom stereocenters. The highest BCUT2D eigenvalue weighted by atomic mass is 35.5. The number of rotatable bonds is 12. The maximum Gasteiger partial charge on any atom is 0.264 e. The molecule has 2 amide bonds. The fourth-order valence-corrected chi connectivity index (χ4v) is 5.65. The minimum atomic E-state index is -4.19. The smallest absolute Gasteiger partial charge is 0.264 e. The van der Waals surface area contributed by atoms with E-state index in [2.05, 4.69) is 5.32 Å². The van der Waals surface area contributed by atoms with Gasteiger partial charge in [-0.1, -0.05) is 66.5 Å². The van der Waals surface area contributed by atoms with Crippen molar-refractivity contribution in [1.29, 1.82) is 0 Å². The average Bonchev–Trinajstić information content (AvgIpc) is 2.95. The molecule has 3 rings (SSSR count). The molecule has 0 saturated carbocycles. The van der Waals surface area contributed by atoms with Crippen LogP contribution in [0.3, 0.4) is 0 Å². The first-order chi connectivity index (χ1) is 18.6. The van der Waals surface area contributed by atoms with Crippen LogP contribution in [0.5, 0.6) is 5.75 Å². The summed E-state index contributed by atoms with van der Waals surface area (Å²) in [5, 5.41) is 3.45. The van der Waals surface area contributed by atoms with Crippen molar-refractivity contribution in [1.82, 2.24) is 10.2 Å². The van der Waals surface area contributed by atoms with Gasteiger partial charge in [0, 0.05) is 13.1 Å². The van der Waals surface area contributed by atoms with Crippen LogP contribution in [0.2, 0.25) is 10.0 Å². The first-order valence-electron chi connectivity index (χ1n) is 12.3.